The van der Waals surface area contributed by atoms with Gasteiger partial charge in [0.25, 0.3) is 0 Å². The zero-order valence-corrected chi connectivity index (χ0v) is 9.61. The molecule has 2 nitrogen and oxygen atoms in total. The minimum absolute atomic E-state index is 0. The van der Waals surface area contributed by atoms with Crippen molar-refractivity contribution in [3.8, 4) is 6.07 Å². The van der Waals surface area contributed by atoms with E-state index in [1.54, 1.807) is 6.07 Å². The molecule has 0 saturated carbocycles. The van der Waals surface area contributed by atoms with Crippen LogP contribution >= 0.6 is 28.3 Å². The molecule has 0 aromatic heterocycles. The van der Waals surface area contributed by atoms with E-state index in [2.05, 4.69) is 15.9 Å². The maximum Gasteiger partial charge on any atom is 0.124 e. The Morgan fingerprint density at radius 1 is 1.50 bits per heavy atom. The number of hydrogen-bond acceptors (Lipinski definition) is 2. The Hall–Kier alpha value is -0.630. The lowest BCUT2D eigenvalue weighted by Crippen LogP contribution is -2.09. The van der Waals surface area contributed by atoms with E-state index < -0.39 is 6.04 Å². The molecule has 0 aliphatic rings. The lowest BCUT2D eigenvalue weighted by atomic mass is 10.1. The molecule has 1 aromatic rings. The molecule has 0 bridgehead atoms. The van der Waals surface area contributed by atoms with Crippen LogP contribution in [0.25, 0.3) is 0 Å². The van der Waals surface area contributed by atoms with Crippen molar-refractivity contribution in [1.29, 1.82) is 5.26 Å². The van der Waals surface area contributed by atoms with Gasteiger partial charge in [0.1, 0.15) is 5.82 Å². The van der Waals surface area contributed by atoms with Gasteiger partial charge in [-0.05, 0) is 23.8 Å². The third-order valence-corrected chi connectivity index (χ3v) is 2.08. The number of hydrogen-bond donors (Lipinski definition) is 1. The monoisotopic (exact) mass is 278 g/mol. The number of nitriles is 1. The lowest BCUT2D eigenvalue weighted by molar-refractivity contribution is 0.619. The van der Waals surface area contributed by atoms with Crippen molar-refractivity contribution < 1.29 is 4.39 Å². The fraction of sp³-hybridized carbons (Fsp3) is 0.222. The average molecular weight is 280 g/mol. The molecule has 1 aromatic carbocycles. The first-order valence-electron chi connectivity index (χ1n) is 3.72. The lowest BCUT2D eigenvalue weighted by Gasteiger charge is -2.07. The molecule has 0 radical (unpaired) electrons. The van der Waals surface area contributed by atoms with Gasteiger partial charge in [0.15, 0.2) is 0 Å². The van der Waals surface area contributed by atoms with Crippen LogP contribution in [0, 0.1) is 17.1 Å². The Kier molecular flexibility index (Phi) is 5.70. The topological polar surface area (TPSA) is 49.8 Å². The molecule has 5 heteroatoms. The highest BCUT2D eigenvalue weighted by atomic mass is 79.9. The second-order valence-electron chi connectivity index (χ2n) is 2.67. The predicted octanol–water partition coefficient (Wildman–Crippen LogP) is 2.92. The summed E-state index contributed by atoms with van der Waals surface area (Å²) in [5.41, 5.74) is 6.27. The van der Waals surface area contributed by atoms with Crippen LogP contribution in [0.4, 0.5) is 4.39 Å². The van der Waals surface area contributed by atoms with Crippen LogP contribution in [-0.4, -0.2) is 0 Å². The summed E-state index contributed by atoms with van der Waals surface area (Å²) >= 11 is 3.15. The molecular weight excluding hydrogens is 270 g/mol. The van der Waals surface area contributed by atoms with Crippen LogP contribution in [0.3, 0.4) is 0 Å². The van der Waals surface area contributed by atoms with E-state index in [0.717, 1.165) is 0 Å². The van der Waals surface area contributed by atoms with Gasteiger partial charge in [-0.1, -0.05) is 15.9 Å². The molecule has 0 aliphatic heterocycles. The zero-order chi connectivity index (χ0) is 9.84. The van der Waals surface area contributed by atoms with Crippen LogP contribution in [0.1, 0.15) is 18.0 Å². The van der Waals surface area contributed by atoms with E-state index >= 15 is 0 Å². The van der Waals surface area contributed by atoms with Crippen LogP contribution in [0.15, 0.2) is 22.7 Å². The fourth-order valence-electron chi connectivity index (χ4n) is 1.01. The van der Waals surface area contributed by atoms with Crippen molar-refractivity contribution in [2.75, 3.05) is 0 Å². The second kappa shape index (κ2) is 5.97. The van der Waals surface area contributed by atoms with Crippen molar-refractivity contribution >= 4 is 28.3 Å². The molecule has 0 spiro atoms. The van der Waals surface area contributed by atoms with Crippen LogP contribution in [0.5, 0.6) is 0 Å². The van der Waals surface area contributed by atoms with Gasteiger partial charge in [0, 0.05) is 10.5 Å². The molecule has 14 heavy (non-hydrogen) atoms. The molecule has 76 valence electrons. The summed E-state index contributed by atoms with van der Waals surface area (Å²) in [6.45, 7) is 0. The Bertz CT molecular complexity index is 331. The molecular formula is C9H9BrClFN2. The quantitative estimate of drug-likeness (QED) is 0.905. The van der Waals surface area contributed by atoms with Crippen molar-refractivity contribution in [3.05, 3.63) is 34.1 Å². The first kappa shape index (κ1) is 13.4. The van der Waals surface area contributed by atoms with Crippen molar-refractivity contribution in [1.82, 2.24) is 0 Å². The second-order valence-corrected chi connectivity index (χ2v) is 3.59. The molecule has 1 rings (SSSR count). The summed E-state index contributed by atoms with van der Waals surface area (Å²) in [5.74, 6) is -0.349. The van der Waals surface area contributed by atoms with Gasteiger partial charge < -0.3 is 5.73 Å². The van der Waals surface area contributed by atoms with Gasteiger partial charge in [-0.25, -0.2) is 4.39 Å². The SMILES string of the molecule is Cl.N#CC[C@H](N)c1cc(F)cc(Br)c1. The Morgan fingerprint density at radius 2 is 2.14 bits per heavy atom. The van der Waals surface area contributed by atoms with Crippen molar-refractivity contribution in [2.24, 2.45) is 5.73 Å². The zero-order valence-electron chi connectivity index (χ0n) is 7.21. The fourth-order valence-corrected chi connectivity index (χ4v) is 1.49. The van der Waals surface area contributed by atoms with Crippen LogP contribution < -0.4 is 5.73 Å². The number of nitrogens with zero attached hydrogens (tertiary/aromatic N) is 1. The number of benzene rings is 1. The normalized spacial score (nSPS) is 11.3. The first-order valence-corrected chi connectivity index (χ1v) is 4.51. The Balaban J connectivity index is 0.00000169. The third kappa shape index (κ3) is 3.62. The Morgan fingerprint density at radius 3 is 2.64 bits per heavy atom. The van der Waals surface area contributed by atoms with E-state index in [1.807, 2.05) is 6.07 Å². The summed E-state index contributed by atoms with van der Waals surface area (Å²) < 4.78 is 13.5. The first-order chi connectivity index (χ1) is 6.13. The largest absolute Gasteiger partial charge is 0.323 e. The molecule has 0 fully saturated rings. The highest BCUT2D eigenvalue weighted by molar-refractivity contribution is 9.10. The minimum atomic E-state index is -0.419. The van der Waals surface area contributed by atoms with Gasteiger partial charge in [0.2, 0.25) is 0 Å². The van der Waals surface area contributed by atoms with E-state index in [9.17, 15) is 4.39 Å². The van der Waals surface area contributed by atoms with Gasteiger partial charge in [-0.3, -0.25) is 0 Å². The van der Waals surface area contributed by atoms with Crippen molar-refractivity contribution in [2.45, 2.75) is 12.5 Å². The van der Waals surface area contributed by atoms with Gasteiger partial charge in [-0.15, -0.1) is 12.4 Å². The molecule has 0 aliphatic carbocycles. The third-order valence-electron chi connectivity index (χ3n) is 1.62. The van der Waals surface area contributed by atoms with Crippen molar-refractivity contribution in [3.63, 3.8) is 0 Å². The summed E-state index contributed by atoms with van der Waals surface area (Å²) in [7, 11) is 0. The molecule has 2 N–H and O–H groups in total. The van der Waals surface area contributed by atoms with E-state index in [4.69, 9.17) is 11.0 Å². The van der Waals surface area contributed by atoms with E-state index in [-0.39, 0.29) is 24.6 Å². The summed E-state index contributed by atoms with van der Waals surface area (Å²) in [6, 6.07) is 5.93. The molecule has 0 unspecified atom stereocenters. The van der Waals surface area contributed by atoms with Gasteiger partial charge in [0.05, 0.1) is 12.5 Å². The number of nitrogens with two attached hydrogens (primary N) is 1. The summed E-state index contributed by atoms with van der Waals surface area (Å²) in [5, 5.41) is 8.40. The summed E-state index contributed by atoms with van der Waals surface area (Å²) in [6.07, 6.45) is 0.190. The van der Waals surface area contributed by atoms with E-state index in [1.165, 1.54) is 12.1 Å². The Labute approximate surface area is 96.4 Å². The predicted molar refractivity (Wildman–Crippen MR) is 58.5 cm³/mol. The van der Waals surface area contributed by atoms with Gasteiger partial charge >= 0.3 is 0 Å². The highest BCUT2D eigenvalue weighted by Gasteiger charge is 2.07. The highest BCUT2D eigenvalue weighted by Crippen LogP contribution is 2.20. The number of rotatable bonds is 2. The maximum atomic E-state index is 12.9. The van der Waals surface area contributed by atoms with Gasteiger partial charge in [-0.2, -0.15) is 5.26 Å². The van der Waals surface area contributed by atoms with E-state index in [0.29, 0.717) is 10.0 Å². The number of halogens is 3. The molecule has 0 heterocycles. The minimum Gasteiger partial charge on any atom is -0.323 e. The smallest absolute Gasteiger partial charge is 0.124 e. The van der Waals surface area contributed by atoms with Crippen LogP contribution in [-0.2, 0) is 0 Å². The average Bonchev–Trinajstić information content (AvgIpc) is 2.03. The standard InChI is InChI=1S/C9H8BrFN2.ClH/c10-7-3-6(4-8(11)5-7)9(13)1-2-12;/h3-5,9H,1,13H2;1H/t9-;/m0./s1. The molecule has 0 amide bonds. The maximum absolute atomic E-state index is 12.9. The molecule has 0 saturated heterocycles. The summed E-state index contributed by atoms with van der Waals surface area (Å²) in [4.78, 5) is 0. The van der Waals surface area contributed by atoms with Crippen LogP contribution in [0.2, 0.25) is 0 Å². The molecule has 1 atom stereocenters.